The Morgan fingerprint density at radius 1 is 1.07 bits per heavy atom. The van der Waals surface area contributed by atoms with Gasteiger partial charge in [0.25, 0.3) is 5.91 Å². The third kappa shape index (κ3) is 4.32. The highest BCUT2D eigenvalue weighted by molar-refractivity contribution is 7.11. The van der Waals surface area contributed by atoms with Gasteiger partial charge in [0, 0.05) is 12.2 Å². The summed E-state index contributed by atoms with van der Waals surface area (Å²) < 4.78 is 1.66. The van der Waals surface area contributed by atoms with Crippen LogP contribution in [0.25, 0.3) is 0 Å². The normalized spacial score (nSPS) is 10.9. The molecule has 3 rings (SSSR count). The lowest BCUT2D eigenvalue weighted by molar-refractivity contribution is 0.0954. The second kappa shape index (κ2) is 8.52. The van der Waals surface area contributed by atoms with Crippen molar-refractivity contribution in [3.05, 3.63) is 88.9 Å². The van der Waals surface area contributed by atoms with Crippen LogP contribution in [0.3, 0.4) is 0 Å². The number of carbonyl (C=O) groups excluding carboxylic acids is 1. The zero-order valence-electron chi connectivity index (χ0n) is 15.8. The van der Waals surface area contributed by atoms with E-state index in [1.54, 1.807) is 29.7 Å². The van der Waals surface area contributed by atoms with Gasteiger partial charge in [-0.1, -0.05) is 58.8 Å². The molecule has 3 aromatic rings. The van der Waals surface area contributed by atoms with Gasteiger partial charge in [0.05, 0.1) is 16.6 Å². The Hall–Kier alpha value is -2.08. The first-order chi connectivity index (χ1) is 13.3. The highest BCUT2D eigenvalue weighted by Gasteiger charge is 2.18. The first-order valence-corrected chi connectivity index (χ1v) is 10.3. The van der Waals surface area contributed by atoms with E-state index in [-0.39, 0.29) is 10.8 Å². The summed E-state index contributed by atoms with van der Waals surface area (Å²) in [6.45, 7) is 6.62. The van der Waals surface area contributed by atoms with Crippen LogP contribution >= 0.6 is 34.5 Å². The van der Waals surface area contributed by atoms with Crippen molar-refractivity contribution in [2.45, 2.75) is 33.9 Å². The lowest BCUT2D eigenvalue weighted by Gasteiger charge is -2.12. The number of amides is 1. The van der Waals surface area contributed by atoms with Crippen molar-refractivity contribution in [2.24, 2.45) is 0 Å². The van der Waals surface area contributed by atoms with E-state index in [0.29, 0.717) is 33.7 Å². The number of hydrogen-bond donors (Lipinski definition) is 1. The number of nitrogens with zero attached hydrogens (tertiary/aromatic N) is 1. The predicted octanol–water partition coefficient (Wildman–Crippen LogP) is 5.12. The number of rotatable bonds is 5. The minimum Gasteiger partial charge on any atom is -0.347 e. The van der Waals surface area contributed by atoms with Crippen molar-refractivity contribution in [3.63, 3.8) is 0 Å². The van der Waals surface area contributed by atoms with Crippen LogP contribution in [0.4, 0.5) is 0 Å². The molecule has 0 saturated carbocycles. The molecule has 1 N–H and O–H groups in total. The molecule has 0 aliphatic carbocycles. The summed E-state index contributed by atoms with van der Waals surface area (Å²) in [5.41, 5.74) is 4.87. The van der Waals surface area contributed by atoms with E-state index < -0.39 is 0 Å². The summed E-state index contributed by atoms with van der Waals surface area (Å²) in [6.07, 6.45) is 0. The van der Waals surface area contributed by atoms with E-state index >= 15 is 0 Å². The fourth-order valence-electron chi connectivity index (χ4n) is 3.04. The van der Waals surface area contributed by atoms with Crippen LogP contribution < -0.4 is 10.2 Å². The molecular weight excluding hydrogens is 415 g/mol. The first kappa shape index (κ1) is 20.6. The second-order valence-corrected chi connectivity index (χ2v) is 8.45. The van der Waals surface area contributed by atoms with Crippen LogP contribution in [-0.2, 0) is 13.1 Å². The SMILES string of the molecule is Cc1cccc(C)c1Cn1c(C)c(C(=O)NCc2ccc(Cl)c(Cl)c2)sc1=O. The van der Waals surface area contributed by atoms with Crippen molar-refractivity contribution >= 4 is 40.4 Å². The minimum absolute atomic E-state index is 0.139. The van der Waals surface area contributed by atoms with Crippen molar-refractivity contribution < 1.29 is 4.79 Å². The number of aromatic nitrogens is 1. The molecule has 0 radical (unpaired) electrons. The molecule has 0 saturated heterocycles. The zero-order valence-corrected chi connectivity index (χ0v) is 18.1. The number of carbonyl (C=O) groups is 1. The number of halogens is 2. The van der Waals surface area contributed by atoms with Crippen LogP contribution in [0.2, 0.25) is 10.0 Å². The van der Waals surface area contributed by atoms with Crippen LogP contribution in [0.1, 0.15) is 37.6 Å². The zero-order chi connectivity index (χ0) is 20.4. The van der Waals surface area contributed by atoms with Gasteiger partial charge in [-0.15, -0.1) is 0 Å². The molecule has 2 aromatic carbocycles. The van der Waals surface area contributed by atoms with Crippen LogP contribution in [0.5, 0.6) is 0 Å². The highest BCUT2D eigenvalue weighted by atomic mass is 35.5. The first-order valence-electron chi connectivity index (χ1n) is 8.75. The second-order valence-electron chi connectivity index (χ2n) is 6.67. The molecule has 0 atom stereocenters. The summed E-state index contributed by atoms with van der Waals surface area (Å²) in [5.74, 6) is -0.272. The molecule has 4 nitrogen and oxygen atoms in total. The largest absolute Gasteiger partial charge is 0.347 e. The van der Waals surface area contributed by atoms with Crippen molar-refractivity contribution in [2.75, 3.05) is 0 Å². The van der Waals surface area contributed by atoms with Gasteiger partial charge < -0.3 is 5.32 Å². The van der Waals surface area contributed by atoms with Crippen molar-refractivity contribution in [1.82, 2.24) is 9.88 Å². The molecule has 0 fully saturated rings. The van der Waals surface area contributed by atoms with Gasteiger partial charge in [-0.05, 0) is 55.2 Å². The molecule has 1 aromatic heterocycles. The van der Waals surface area contributed by atoms with Crippen LogP contribution in [-0.4, -0.2) is 10.5 Å². The van der Waals surface area contributed by atoms with E-state index in [4.69, 9.17) is 23.2 Å². The number of thiazole rings is 1. The molecule has 7 heteroatoms. The third-order valence-corrected chi connectivity index (χ3v) is 6.57. The summed E-state index contributed by atoms with van der Waals surface area (Å²) in [7, 11) is 0. The van der Waals surface area contributed by atoms with Crippen LogP contribution in [0.15, 0.2) is 41.2 Å². The Morgan fingerprint density at radius 3 is 2.39 bits per heavy atom. The van der Waals surface area contributed by atoms with Crippen molar-refractivity contribution in [1.29, 1.82) is 0 Å². The molecule has 0 aliphatic rings. The molecule has 0 unspecified atom stereocenters. The lowest BCUT2D eigenvalue weighted by atomic mass is 10.0. The molecule has 0 bridgehead atoms. The highest BCUT2D eigenvalue weighted by Crippen LogP contribution is 2.23. The van der Waals surface area contributed by atoms with Gasteiger partial charge in [-0.2, -0.15) is 0 Å². The lowest BCUT2D eigenvalue weighted by Crippen LogP contribution is -2.23. The van der Waals surface area contributed by atoms with Gasteiger partial charge in [-0.25, -0.2) is 0 Å². The Balaban J connectivity index is 1.80. The van der Waals surface area contributed by atoms with E-state index in [2.05, 4.69) is 5.32 Å². The van der Waals surface area contributed by atoms with Crippen LogP contribution in [0, 0.1) is 20.8 Å². The van der Waals surface area contributed by atoms with Crippen molar-refractivity contribution in [3.8, 4) is 0 Å². The molecule has 146 valence electrons. The Labute approximate surface area is 177 Å². The smallest absolute Gasteiger partial charge is 0.308 e. The van der Waals surface area contributed by atoms with Gasteiger partial charge in [0.2, 0.25) is 0 Å². The summed E-state index contributed by atoms with van der Waals surface area (Å²) in [4.78, 5) is 25.4. The molecule has 0 spiro atoms. The Morgan fingerprint density at radius 2 is 1.75 bits per heavy atom. The van der Waals surface area contributed by atoms with Gasteiger partial charge in [-0.3, -0.25) is 14.2 Å². The van der Waals surface area contributed by atoms with E-state index in [0.717, 1.165) is 33.6 Å². The monoisotopic (exact) mass is 434 g/mol. The number of nitrogens with one attached hydrogen (secondary N) is 1. The summed E-state index contributed by atoms with van der Waals surface area (Å²) in [6, 6.07) is 11.3. The molecule has 28 heavy (non-hydrogen) atoms. The maximum Gasteiger partial charge on any atom is 0.308 e. The quantitative estimate of drug-likeness (QED) is 0.605. The van der Waals surface area contributed by atoms with E-state index in [1.807, 2.05) is 32.0 Å². The average molecular weight is 435 g/mol. The topological polar surface area (TPSA) is 51.1 Å². The van der Waals surface area contributed by atoms with Gasteiger partial charge in [0.1, 0.15) is 4.88 Å². The molecule has 0 aliphatic heterocycles. The van der Waals surface area contributed by atoms with Gasteiger partial charge >= 0.3 is 4.87 Å². The average Bonchev–Trinajstić information content (AvgIpc) is 2.93. The maximum atomic E-state index is 12.6. The number of hydrogen-bond acceptors (Lipinski definition) is 3. The maximum absolute atomic E-state index is 12.6. The van der Waals surface area contributed by atoms with E-state index in [1.165, 1.54) is 0 Å². The Kier molecular flexibility index (Phi) is 6.28. The minimum atomic E-state index is -0.272. The molecule has 1 amide bonds. The fraction of sp³-hybridized carbons (Fsp3) is 0.238. The third-order valence-electron chi connectivity index (χ3n) is 4.75. The standard InChI is InChI=1S/C21H20Cl2N2O2S/c1-12-5-4-6-13(2)16(12)11-25-14(3)19(28-21(25)27)20(26)24-10-15-7-8-17(22)18(23)9-15/h4-9H,10-11H2,1-3H3,(H,24,26). The van der Waals surface area contributed by atoms with E-state index in [9.17, 15) is 9.59 Å². The number of benzene rings is 2. The molecular formula is C21H20Cl2N2O2S. The molecule has 1 heterocycles. The summed E-state index contributed by atoms with van der Waals surface area (Å²) >= 11 is 12.9. The summed E-state index contributed by atoms with van der Waals surface area (Å²) in [5, 5.41) is 3.75. The Bertz CT molecular complexity index is 1080. The fourth-order valence-corrected chi connectivity index (χ4v) is 4.27. The number of aryl methyl sites for hydroxylation is 2. The predicted molar refractivity (Wildman–Crippen MR) is 116 cm³/mol. The van der Waals surface area contributed by atoms with Gasteiger partial charge in [0.15, 0.2) is 0 Å².